The first-order valence-electron chi connectivity index (χ1n) is 7.56. The normalized spacial score (nSPS) is 35.1. The van der Waals surface area contributed by atoms with Crippen molar-refractivity contribution in [3.05, 3.63) is 0 Å². The topological polar surface area (TPSA) is 12.0 Å². The molecule has 0 saturated carbocycles. The minimum absolute atomic E-state index is 0.473. The molecule has 0 bridgehead atoms. The summed E-state index contributed by atoms with van der Waals surface area (Å²) < 4.78 is 0. The first kappa shape index (κ1) is 13.7. The van der Waals surface area contributed by atoms with Gasteiger partial charge in [0.1, 0.15) is 0 Å². The fourth-order valence-corrected chi connectivity index (χ4v) is 4.69. The second kappa shape index (κ2) is 6.47. The highest BCUT2D eigenvalue weighted by Gasteiger charge is 2.35. The predicted octanol–water partition coefficient (Wildman–Crippen LogP) is 4.08. The summed E-state index contributed by atoms with van der Waals surface area (Å²) in [5, 5.41) is 3.86. The maximum atomic E-state index is 3.86. The molecule has 0 aliphatic carbocycles. The summed E-state index contributed by atoms with van der Waals surface area (Å²) in [4.78, 5) is 0. The number of hydrogen-bond donors (Lipinski definition) is 1. The summed E-state index contributed by atoms with van der Waals surface area (Å²) in [6, 6.07) is 0. The van der Waals surface area contributed by atoms with Gasteiger partial charge in [0, 0.05) is 5.54 Å². The number of thioether (sulfide) groups is 1. The van der Waals surface area contributed by atoms with E-state index in [1.165, 1.54) is 63.0 Å². The van der Waals surface area contributed by atoms with E-state index in [0.29, 0.717) is 5.54 Å². The van der Waals surface area contributed by atoms with E-state index in [1.807, 2.05) is 0 Å². The van der Waals surface area contributed by atoms with E-state index in [4.69, 9.17) is 0 Å². The zero-order valence-electron chi connectivity index (χ0n) is 11.6. The van der Waals surface area contributed by atoms with Crippen molar-refractivity contribution in [1.29, 1.82) is 0 Å². The van der Waals surface area contributed by atoms with Crippen molar-refractivity contribution in [3.63, 3.8) is 0 Å². The summed E-state index contributed by atoms with van der Waals surface area (Å²) in [5.74, 6) is 4.63. The monoisotopic (exact) mass is 255 g/mol. The molecule has 1 N–H and O–H groups in total. The zero-order chi connectivity index (χ0) is 12.1. The van der Waals surface area contributed by atoms with Crippen LogP contribution in [-0.4, -0.2) is 23.6 Å². The molecule has 2 heteroatoms. The molecule has 2 aliphatic heterocycles. The van der Waals surface area contributed by atoms with Gasteiger partial charge in [0.05, 0.1) is 0 Å². The lowest BCUT2D eigenvalue weighted by molar-refractivity contribution is 0.158. The van der Waals surface area contributed by atoms with Crippen molar-refractivity contribution >= 4 is 11.8 Å². The van der Waals surface area contributed by atoms with Crippen LogP contribution in [0.25, 0.3) is 0 Å². The largest absolute Gasteiger partial charge is 0.311 e. The Balaban J connectivity index is 1.84. The molecule has 0 aromatic rings. The Morgan fingerprint density at radius 3 is 2.76 bits per heavy atom. The van der Waals surface area contributed by atoms with Gasteiger partial charge in [-0.25, -0.2) is 0 Å². The van der Waals surface area contributed by atoms with Crippen LogP contribution in [0.3, 0.4) is 0 Å². The average molecular weight is 255 g/mol. The second-order valence-electron chi connectivity index (χ2n) is 6.32. The van der Waals surface area contributed by atoms with Gasteiger partial charge in [0.25, 0.3) is 0 Å². The molecule has 2 aliphatic rings. The number of piperidine rings is 1. The van der Waals surface area contributed by atoms with E-state index in [-0.39, 0.29) is 0 Å². The predicted molar refractivity (Wildman–Crippen MR) is 78.7 cm³/mol. The Bertz CT molecular complexity index is 215. The Labute approximate surface area is 112 Å². The maximum absolute atomic E-state index is 3.86. The third kappa shape index (κ3) is 3.64. The molecule has 2 atom stereocenters. The van der Waals surface area contributed by atoms with E-state index in [2.05, 4.69) is 30.9 Å². The van der Waals surface area contributed by atoms with Gasteiger partial charge in [0.2, 0.25) is 0 Å². The van der Waals surface area contributed by atoms with Crippen molar-refractivity contribution in [2.45, 2.75) is 64.3 Å². The van der Waals surface area contributed by atoms with Crippen LogP contribution in [0.1, 0.15) is 58.8 Å². The number of hydrogen-bond acceptors (Lipinski definition) is 2. The molecule has 0 amide bonds. The van der Waals surface area contributed by atoms with Crippen molar-refractivity contribution in [2.24, 2.45) is 11.8 Å². The Morgan fingerprint density at radius 2 is 2.18 bits per heavy atom. The summed E-state index contributed by atoms with van der Waals surface area (Å²) in [7, 11) is 0. The van der Waals surface area contributed by atoms with Crippen molar-refractivity contribution in [2.75, 3.05) is 18.1 Å². The van der Waals surface area contributed by atoms with Gasteiger partial charge in [-0.15, -0.1) is 0 Å². The molecule has 100 valence electrons. The average Bonchev–Trinajstić information content (AvgIpc) is 2.38. The number of rotatable bonds is 4. The molecule has 17 heavy (non-hydrogen) atoms. The van der Waals surface area contributed by atoms with E-state index >= 15 is 0 Å². The van der Waals surface area contributed by atoms with Gasteiger partial charge in [-0.2, -0.15) is 11.8 Å². The van der Waals surface area contributed by atoms with Crippen LogP contribution in [0.5, 0.6) is 0 Å². The lowest BCUT2D eigenvalue weighted by Crippen LogP contribution is -2.52. The maximum Gasteiger partial charge on any atom is 0.0204 e. The molecule has 2 unspecified atom stereocenters. The van der Waals surface area contributed by atoms with Crippen LogP contribution in [0.15, 0.2) is 0 Å². The van der Waals surface area contributed by atoms with Crippen LogP contribution >= 0.6 is 11.8 Å². The van der Waals surface area contributed by atoms with Crippen LogP contribution in [0, 0.1) is 11.8 Å². The molecule has 2 rings (SSSR count). The zero-order valence-corrected chi connectivity index (χ0v) is 12.5. The molecule has 2 heterocycles. The lowest BCUT2D eigenvalue weighted by atomic mass is 9.74. The third-order valence-corrected chi connectivity index (χ3v) is 6.17. The number of nitrogens with one attached hydrogen (secondary N) is 1. The van der Waals surface area contributed by atoms with Crippen molar-refractivity contribution in [3.8, 4) is 0 Å². The van der Waals surface area contributed by atoms with Gasteiger partial charge in [-0.3, -0.25) is 0 Å². The van der Waals surface area contributed by atoms with Gasteiger partial charge in [0.15, 0.2) is 0 Å². The fraction of sp³-hybridized carbons (Fsp3) is 1.00. The molecule has 0 spiro atoms. The highest BCUT2D eigenvalue weighted by atomic mass is 32.2. The van der Waals surface area contributed by atoms with E-state index in [9.17, 15) is 0 Å². The van der Waals surface area contributed by atoms with Gasteiger partial charge in [-0.1, -0.05) is 20.3 Å². The summed E-state index contributed by atoms with van der Waals surface area (Å²) in [5.41, 5.74) is 0.473. The molecule has 0 aromatic carbocycles. The van der Waals surface area contributed by atoms with Gasteiger partial charge < -0.3 is 5.32 Å². The quantitative estimate of drug-likeness (QED) is 0.812. The molecular weight excluding hydrogens is 226 g/mol. The minimum atomic E-state index is 0.473. The lowest BCUT2D eigenvalue weighted by Gasteiger charge is -2.43. The third-order valence-electron chi connectivity index (χ3n) is 4.89. The molecule has 2 saturated heterocycles. The SMILES string of the molecule is CC(C)C1(CCC2CCCSC2)CCCCN1. The minimum Gasteiger partial charge on any atom is -0.311 e. The Kier molecular flexibility index (Phi) is 5.23. The summed E-state index contributed by atoms with van der Waals surface area (Å²) >= 11 is 2.18. The summed E-state index contributed by atoms with van der Waals surface area (Å²) in [6.07, 6.45) is 10.0. The Morgan fingerprint density at radius 1 is 1.29 bits per heavy atom. The van der Waals surface area contributed by atoms with Gasteiger partial charge >= 0.3 is 0 Å². The highest BCUT2D eigenvalue weighted by molar-refractivity contribution is 7.99. The van der Waals surface area contributed by atoms with Crippen molar-refractivity contribution < 1.29 is 0 Å². The Hall–Kier alpha value is 0.310. The van der Waals surface area contributed by atoms with Crippen LogP contribution in [0.4, 0.5) is 0 Å². The fourth-order valence-electron chi connectivity index (χ4n) is 3.48. The molecule has 0 aromatic heterocycles. The highest BCUT2D eigenvalue weighted by Crippen LogP contribution is 2.35. The first-order chi connectivity index (χ1) is 8.23. The van der Waals surface area contributed by atoms with E-state index in [1.54, 1.807) is 0 Å². The second-order valence-corrected chi connectivity index (χ2v) is 7.47. The van der Waals surface area contributed by atoms with Crippen LogP contribution < -0.4 is 5.32 Å². The van der Waals surface area contributed by atoms with Crippen LogP contribution in [0.2, 0.25) is 0 Å². The van der Waals surface area contributed by atoms with E-state index < -0.39 is 0 Å². The first-order valence-corrected chi connectivity index (χ1v) is 8.71. The molecule has 2 fully saturated rings. The standard InChI is InChI=1S/C15H29NS/c1-13(2)15(8-3-4-10-16-15)9-7-14-6-5-11-17-12-14/h13-14,16H,3-12H2,1-2H3. The molecule has 0 radical (unpaired) electrons. The van der Waals surface area contributed by atoms with Gasteiger partial charge in [-0.05, 0) is 68.4 Å². The summed E-state index contributed by atoms with van der Waals surface area (Å²) in [6.45, 7) is 6.07. The molecular formula is C15H29NS. The van der Waals surface area contributed by atoms with Crippen LogP contribution in [-0.2, 0) is 0 Å². The molecule has 1 nitrogen and oxygen atoms in total. The van der Waals surface area contributed by atoms with Crippen molar-refractivity contribution in [1.82, 2.24) is 5.32 Å². The smallest absolute Gasteiger partial charge is 0.0204 e. The van der Waals surface area contributed by atoms with E-state index in [0.717, 1.165) is 11.8 Å².